The van der Waals surface area contributed by atoms with Gasteiger partial charge in [0.2, 0.25) is 0 Å². The van der Waals surface area contributed by atoms with Crippen LogP contribution in [0.1, 0.15) is 27.2 Å². The van der Waals surface area contributed by atoms with E-state index in [0.29, 0.717) is 22.6 Å². The molecule has 0 unspecified atom stereocenters. The van der Waals surface area contributed by atoms with Crippen LogP contribution in [0.2, 0.25) is 0 Å². The maximum atomic E-state index is 12.2. The molecule has 0 aliphatic heterocycles. The van der Waals surface area contributed by atoms with Gasteiger partial charge in [-0.25, -0.2) is 0 Å². The monoisotopic (exact) mass is 416 g/mol. The van der Waals surface area contributed by atoms with E-state index in [1.807, 2.05) is 37.4 Å². The number of pyridine rings is 1. The average molecular weight is 417 g/mol. The Balaban J connectivity index is 1.76. The SMILES string of the molecule is C=C/C(=C\C=C(/C)CC(C)C)N(C)c1ccc(Oc2nc3cnccc3c(=O)[nH]2)cc1. The molecule has 0 aliphatic carbocycles. The second kappa shape index (κ2) is 9.89. The zero-order valence-electron chi connectivity index (χ0n) is 18.4. The molecule has 0 radical (unpaired) electrons. The number of ether oxygens (including phenoxy) is 1. The van der Waals surface area contributed by atoms with E-state index in [2.05, 4.69) is 59.4 Å². The molecule has 160 valence electrons. The number of H-pyrrole nitrogens is 1. The number of aromatic nitrogens is 3. The molecule has 0 amide bonds. The summed E-state index contributed by atoms with van der Waals surface area (Å²) in [7, 11) is 1.99. The van der Waals surface area contributed by atoms with Gasteiger partial charge in [-0.15, -0.1) is 0 Å². The minimum Gasteiger partial charge on any atom is -0.426 e. The van der Waals surface area contributed by atoms with Crippen molar-refractivity contribution in [2.75, 3.05) is 11.9 Å². The van der Waals surface area contributed by atoms with E-state index in [-0.39, 0.29) is 11.6 Å². The molecule has 2 aromatic heterocycles. The van der Waals surface area contributed by atoms with E-state index < -0.39 is 0 Å². The van der Waals surface area contributed by atoms with Crippen molar-refractivity contribution in [2.45, 2.75) is 27.2 Å². The van der Waals surface area contributed by atoms with Crippen LogP contribution in [-0.2, 0) is 0 Å². The highest BCUT2D eigenvalue weighted by molar-refractivity contribution is 5.76. The van der Waals surface area contributed by atoms with Crippen molar-refractivity contribution < 1.29 is 4.74 Å². The fourth-order valence-electron chi connectivity index (χ4n) is 3.27. The Bertz CT molecular complexity index is 1170. The highest BCUT2D eigenvalue weighted by atomic mass is 16.5. The van der Waals surface area contributed by atoms with Crippen molar-refractivity contribution in [1.29, 1.82) is 0 Å². The Hall–Kier alpha value is -3.67. The van der Waals surface area contributed by atoms with Gasteiger partial charge in [0.1, 0.15) is 5.75 Å². The van der Waals surface area contributed by atoms with Crippen molar-refractivity contribution in [2.24, 2.45) is 5.92 Å². The van der Waals surface area contributed by atoms with Gasteiger partial charge < -0.3 is 9.64 Å². The van der Waals surface area contributed by atoms with Gasteiger partial charge in [-0.05, 0) is 61.7 Å². The first-order chi connectivity index (χ1) is 14.9. The van der Waals surface area contributed by atoms with Crippen LogP contribution in [0, 0.1) is 5.92 Å². The normalized spacial score (nSPS) is 12.3. The van der Waals surface area contributed by atoms with Gasteiger partial charge in [-0.2, -0.15) is 4.98 Å². The Kier molecular flexibility index (Phi) is 7.03. The number of fused-ring (bicyclic) bond motifs is 1. The summed E-state index contributed by atoms with van der Waals surface area (Å²) in [6, 6.07) is 9.30. The van der Waals surface area contributed by atoms with Gasteiger partial charge in [-0.3, -0.25) is 14.8 Å². The van der Waals surface area contributed by atoms with Crippen molar-refractivity contribution in [1.82, 2.24) is 15.0 Å². The molecular weight excluding hydrogens is 388 g/mol. The van der Waals surface area contributed by atoms with E-state index in [0.717, 1.165) is 17.8 Å². The van der Waals surface area contributed by atoms with Gasteiger partial charge in [-0.1, -0.05) is 32.1 Å². The fourth-order valence-corrected chi connectivity index (χ4v) is 3.27. The van der Waals surface area contributed by atoms with E-state index >= 15 is 0 Å². The summed E-state index contributed by atoms with van der Waals surface area (Å²) >= 11 is 0. The van der Waals surface area contributed by atoms with Crippen LogP contribution < -0.4 is 15.2 Å². The van der Waals surface area contributed by atoms with Crippen molar-refractivity contribution in [3.05, 3.63) is 89.2 Å². The summed E-state index contributed by atoms with van der Waals surface area (Å²) in [6.07, 6.45) is 10.2. The summed E-state index contributed by atoms with van der Waals surface area (Å²) < 4.78 is 5.75. The lowest BCUT2D eigenvalue weighted by Crippen LogP contribution is -2.14. The largest absolute Gasteiger partial charge is 0.426 e. The molecule has 3 rings (SSSR count). The molecule has 0 aliphatic rings. The number of rotatable bonds is 8. The van der Waals surface area contributed by atoms with Crippen molar-refractivity contribution >= 4 is 16.6 Å². The number of nitrogens with zero attached hydrogens (tertiary/aromatic N) is 3. The summed E-state index contributed by atoms with van der Waals surface area (Å²) in [6.45, 7) is 10.5. The number of allylic oxidation sites excluding steroid dienone is 4. The van der Waals surface area contributed by atoms with E-state index in [1.54, 1.807) is 12.3 Å². The number of benzene rings is 1. The number of aromatic amines is 1. The highest BCUT2D eigenvalue weighted by Crippen LogP contribution is 2.24. The molecule has 31 heavy (non-hydrogen) atoms. The Morgan fingerprint density at radius 3 is 2.65 bits per heavy atom. The van der Waals surface area contributed by atoms with Crippen LogP contribution in [0.4, 0.5) is 5.69 Å². The van der Waals surface area contributed by atoms with Crippen LogP contribution in [0.15, 0.2) is 83.6 Å². The van der Waals surface area contributed by atoms with Crippen molar-refractivity contribution in [3.63, 3.8) is 0 Å². The standard InChI is InChI=1S/C25H28N4O2/c1-6-19(8-7-18(4)15-17(2)3)29(5)20-9-11-21(12-10-20)31-25-27-23-16-26-14-13-22(23)24(30)28-25/h6-14,16-17H,1,15H2,2-5H3,(H,27,28,30)/b18-7+,19-8+. The van der Waals surface area contributed by atoms with Crippen LogP contribution >= 0.6 is 0 Å². The Labute approximate surface area is 182 Å². The van der Waals surface area contributed by atoms with E-state index in [9.17, 15) is 4.79 Å². The van der Waals surface area contributed by atoms with Crippen molar-refractivity contribution in [3.8, 4) is 11.8 Å². The molecule has 0 fully saturated rings. The fraction of sp³-hybridized carbons (Fsp3) is 0.240. The molecule has 2 heterocycles. The third-order valence-corrected chi connectivity index (χ3v) is 4.79. The van der Waals surface area contributed by atoms with Gasteiger partial charge in [0.15, 0.2) is 0 Å². The van der Waals surface area contributed by atoms with Crippen LogP contribution in [0.25, 0.3) is 10.9 Å². The number of nitrogens with one attached hydrogen (secondary N) is 1. The quantitative estimate of drug-likeness (QED) is 0.483. The van der Waals surface area contributed by atoms with E-state index in [4.69, 9.17) is 4.74 Å². The van der Waals surface area contributed by atoms with E-state index in [1.165, 1.54) is 11.8 Å². The molecule has 0 saturated carbocycles. The zero-order chi connectivity index (χ0) is 22.4. The molecular formula is C25H28N4O2. The minimum absolute atomic E-state index is 0.129. The average Bonchev–Trinajstić information content (AvgIpc) is 2.74. The molecule has 0 bridgehead atoms. The zero-order valence-corrected chi connectivity index (χ0v) is 18.4. The second-order valence-electron chi connectivity index (χ2n) is 7.83. The van der Waals surface area contributed by atoms with Gasteiger partial charge in [0, 0.05) is 24.6 Å². The maximum absolute atomic E-state index is 12.2. The molecule has 6 heteroatoms. The number of likely N-dealkylation sites (N-methyl/N-ethyl adjacent to an activating group) is 1. The predicted molar refractivity (Wildman–Crippen MR) is 127 cm³/mol. The molecule has 1 N–H and O–H groups in total. The minimum atomic E-state index is -0.264. The van der Waals surface area contributed by atoms with Crippen LogP contribution in [0.3, 0.4) is 0 Å². The molecule has 1 aromatic carbocycles. The number of hydrogen-bond donors (Lipinski definition) is 1. The number of hydrogen-bond acceptors (Lipinski definition) is 5. The number of anilines is 1. The first-order valence-electron chi connectivity index (χ1n) is 10.2. The summed E-state index contributed by atoms with van der Waals surface area (Å²) in [5.74, 6) is 1.20. The third-order valence-electron chi connectivity index (χ3n) is 4.79. The molecule has 0 saturated heterocycles. The summed E-state index contributed by atoms with van der Waals surface area (Å²) in [4.78, 5) is 25.2. The van der Waals surface area contributed by atoms with Crippen LogP contribution in [-0.4, -0.2) is 22.0 Å². The summed E-state index contributed by atoms with van der Waals surface area (Å²) in [5.41, 5.74) is 3.53. The van der Waals surface area contributed by atoms with Crippen LogP contribution in [0.5, 0.6) is 11.8 Å². The Morgan fingerprint density at radius 2 is 1.97 bits per heavy atom. The molecule has 0 atom stereocenters. The lowest BCUT2D eigenvalue weighted by molar-refractivity contribution is 0.443. The smallest absolute Gasteiger partial charge is 0.302 e. The predicted octanol–water partition coefficient (Wildman–Crippen LogP) is 5.61. The Morgan fingerprint density at radius 1 is 1.23 bits per heavy atom. The van der Waals surface area contributed by atoms with Gasteiger partial charge >= 0.3 is 6.01 Å². The lowest BCUT2D eigenvalue weighted by Gasteiger charge is -2.20. The second-order valence-corrected chi connectivity index (χ2v) is 7.83. The third kappa shape index (κ3) is 5.69. The molecule has 0 spiro atoms. The first-order valence-corrected chi connectivity index (χ1v) is 10.2. The topological polar surface area (TPSA) is 71.1 Å². The highest BCUT2D eigenvalue weighted by Gasteiger charge is 2.08. The molecule has 6 nitrogen and oxygen atoms in total. The van der Waals surface area contributed by atoms with Gasteiger partial charge in [0.25, 0.3) is 5.56 Å². The lowest BCUT2D eigenvalue weighted by atomic mass is 10.0. The van der Waals surface area contributed by atoms with Gasteiger partial charge in [0.05, 0.1) is 17.1 Å². The summed E-state index contributed by atoms with van der Waals surface area (Å²) in [5, 5.41) is 0.473. The molecule has 3 aromatic rings. The maximum Gasteiger partial charge on any atom is 0.302 e. The first kappa shape index (κ1) is 22.0.